The van der Waals surface area contributed by atoms with Crippen molar-refractivity contribution in [2.24, 2.45) is 11.8 Å². The molecule has 2 bridgehead atoms. The zero-order chi connectivity index (χ0) is 13.2. The van der Waals surface area contributed by atoms with Gasteiger partial charge in [-0.05, 0) is 31.6 Å². The third-order valence-electron chi connectivity index (χ3n) is 4.61. The molecule has 0 N–H and O–H groups in total. The molecule has 0 aromatic carbocycles. The molecule has 2 saturated carbocycles. The monoisotopic (exact) mass is 385 g/mol. The van der Waals surface area contributed by atoms with Crippen LogP contribution in [0.5, 0.6) is 0 Å². The molecule has 1 aliphatic heterocycles. The summed E-state index contributed by atoms with van der Waals surface area (Å²) in [6, 6.07) is -0.127. The van der Waals surface area contributed by atoms with Crippen molar-refractivity contribution in [1.29, 1.82) is 0 Å². The molecule has 3 fully saturated rings. The topological polar surface area (TPSA) is 63.7 Å². The maximum absolute atomic E-state index is 12.2. The number of halogens is 1. The molecule has 6 atom stereocenters. The Kier molecular flexibility index (Phi) is 2.95. The van der Waals surface area contributed by atoms with Gasteiger partial charge in [0, 0.05) is 7.05 Å². The third kappa shape index (κ3) is 1.59. The molecule has 1 heterocycles. The predicted octanol–water partition coefficient (Wildman–Crippen LogP) is 0.774. The molecule has 0 spiro atoms. The van der Waals surface area contributed by atoms with Crippen molar-refractivity contribution >= 4 is 38.6 Å². The molecule has 0 amide bonds. The first-order valence-electron chi connectivity index (χ1n) is 6.15. The fraction of sp³-hybridized carbons (Fsp3) is 0.909. The van der Waals surface area contributed by atoms with E-state index in [4.69, 9.17) is 4.74 Å². The normalized spacial score (nSPS) is 46.3. The Hall–Kier alpha value is 0.110. The second kappa shape index (κ2) is 4.05. The molecule has 0 aromatic rings. The van der Waals surface area contributed by atoms with E-state index in [1.54, 1.807) is 14.0 Å². The third-order valence-corrected chi connectivity index (χ3v) is 7.47. The van der Waals surface area contributed by atoms with Crippen LogP contribution in [0.3, 0.4) is 0 Å². The number of hydrogen-bond donors (Lipinski definition) is 0. The molecule has 3 aliphatic rings. The van der Waals surface area contributed by atoms with E-state index in [0.717, 1.165) is 6.42 Å². The Labute approximate surface area is 120 Å². The van der Waals surface area contributed by atoms with Gasteiger partial charge in [0.05, 0.1) is 11.3 Å². The van der Waals surface area contributed by atoms with Crippen LogP contribution in [0, 0.1) is 11.8 Å². The highest BCUT2D eigenvalue weighted by Crippen LogP contribution is 2.56. The van der Waals surface area contributed by atoms with Crippen molar-refractivity contribution < 1.29 is 17.9 Å². The summed E-state index contributed by atoms with van der Waals surface area (Å²) in [7, 11) is -1.54. The summed E-state index contributed by atoms with van der Waals surface area (Å²) in [5, 5.41) is -0.232. The maximum Gasteiger partial charge on any atom is 0.318 e. The van der Waals surface area contributed by atoms with Gasteiger partial charge in [-0.25, -0.2) is 8.42 Å². The van der Waals surface area contributed by atoms with Crippen molar-refractivity contribution in [2.75, 3.05) is 7.05 Å². The van der Waals surface area contributed by atoms with Crippen LogP contribution in [-0.2, 0) is 19.6 Å². The summed E-state index contributed by atoms with van der Waals surface area (Å²) in [5.41, 5.74) is 0. The average molecular weight is 385 g/mol. The number of esters is 1. The van der Waals surface area contributed by atoms with Gasteiger partial charge in [-0.1, -0.05) is 22.6 Å². The van der Waals surface area contributed by atoms with E-state index in [1.807, 2.05) is 22.6 Å². The van der Waals surface area contributed by atoms with Crippen LogP contribution in [-0.4, -0.2) is 47.1 Å². The van der Waals surface area contributed by atoms with E-state index in [1.165, 1.54) is 4.31 Å². The van der Waals surface area contributed by atoms with Gasteiger partial charge in [0.2, 0.25) is 10.0 Å². The molecule has 2 aliphatic carbocycles. The number of fused-ring (bicyclic) bond motifs is 1. The van der Waals surface area contributed by atoms with Crippen molar-refractivity contribution in [1.82, 2.24) is 4.31 Å². The van der Waals surface area contributed by atoms with Crippen LogP contribution in [0.25, 0.3) is 0 Å². The summed E-state index contributed by atoms with van der Waals surface area (Å²) in [5.74, 6) is 0.151. The minimum Gasteiger partial charge on any atom is -0.460 e. The molecule has 0 aromatic heterocycles. The number of hydrogen-bond acceptors (Lipinski definition) is 4. The van der Waals surface area contributed by atoms with Crippen LogP contribution in [0.15, 0.2) is 0 Å². The molecule has 7 heteroatoms. The van der Waals surface area contributed by atoms with Crippen molar-refractivity contribution in [2.45, 2.75) is 41.1 Å². The molecule has 5 nitrogen and oxygen atoms in total. The summed E-state index contributed by atoms with van der Waals surface area (Å²) in [4.78, 5) is 11.7. The van der Waals surface area contributed by atoms with E-state index in [0.29, 0.717) is 6.42 Å². The van der Waals surface area contributed by atoms with E-state index in [-0.39, 0.29) is 39.1 Å². The first-order valence-corrected chi connectivity index (χ1v) is 8.90. The fourth-order valence-corrected chi connectivity index (χ4v) is 6.21. The van der Waals surface area contributed by atoms with Gasteiger partial charge in [-0.15, -0.1) is 0 Å². The quantitative estimate of drug-likeness (QED) is 0.400. The van der Waals surface area contributed by atoms with Gasteiger partial charge in [0.1, 0.15) is 10.0 Å². The van der Waals surface area contributed by atoms with Crippen LogP contribution >= 0.6 is 22.6 Å². The molecule has 0 radical (unpaired) electrons. The first-order chi connectivity index (χ1) is 8.34. The van der Waals surface area contributed by atoms with Gasteiger partial charge in [0.15, 0.2) is 0 Å². The number of likely N-dealkylation sites (N-methyl/N-ethyl adjacent to an activating group) is 1. The zero-order valence-corrected chi connectivity index (χ0v) is 13.2. The van der Waals surface area contributed by atoms with Gasteiger partial charge >= 0.3 is 5.97 Å². The summed E-state index contributed by atoms with van der Waals surface area (Å²) < 4.78 is 31.1. The minimum absolute atomic E-state index is 0.127. The largest absolute Gasteiger partial charge is 0.460 e. The first kappa shape index (κ1) is 13.1. The van der Waals surface area contributed by atoms with Crippen molar-refractivity contribution in [3.05, 3.63) is 0 Å². The molecule has 1 saturated heterocycles. The minimum atomic E-state index is -3.16. The highest BCUT2D eigenvalue weighted by atomic mass is 127. The Morgan fingerprint density at radius 3 is 2.72 bits per heavy atom. The fourth-order valence-electron chi connectivity index (χ4n) is 3.82. The second-order valence-electron chi connectivity index (χ2n) is 5.50. The molecular weight excluding hydrogens is 369 g/mol. The van der Waals surface area contributed by atoms with E-state index in [2.05, 4.69) is 0 Å². The van der Waals surface area contributed by atoms with Crippen LogP contribution < -0.4 is 0 Å². The number of carbonyl (C=O) groups excluding carboxylic acids is 1. The highest BCUT2D eigenvalue weighted by molar-refractivity contribution is 14.1. The van der Waals surface area contributed by atoms with Gasteiger partial charge < -0.3 is 4.74 Å². The lowest BCUT2D eigenvalue weighted by atomic mass is 9.92. The van der Waals surface area contributed by atoms with Crippen molar-refractivity contribution in [3.63, 3.8) is 0 Å². The van der Waals surface area contributed by atoms with E-state index in [9.17, 15) is 13.2 Å². The van der Waals surface area contributed by atoms with Gasteiger partial charge in [-0.2, -0.15) is 4.31 Å². The summed E-state index contributed by atoms with van der Waals surface area (Å²) >= 11 is 2.02. The Balaban J connectivity index is 1.87. The van der Waals surface area contributed by atoms with Gasteiger partial charge in [-0.3, -0.25) is 4.79 Å². The molecule has 102 valence electrons. The van der Waals surface area contributed by atoms with E-state index < -0.39 is 10.0 Å². The van der Waals surface area contributed by atoms with Crippen LogP contribution in [0.1, 0.15) is 19.8 Å². The highest BCUT2D eigenvalue weighted by Gasteiger charge is 2.66. The molecular formula is C11H16INO4S. The average Bonchev–Trinajstić information content (AvgIpc) is 2.88. The number of sulfonamides is 1. The lowest BCUT2D eigenvalue weighted by Gasteiger charge is -2.28. The molecule has 3 rings (SSSR count). The smallest absolute Gasteiger partial charge is 0.318 e. The standard InChI is InChI=1S/C11H16INO4S/c1-5(12)11(14)17-10-6-3-7-8(4-6)18(15,16)13(2)9(7)10/h5-10H,3-4H2,1-2H3. The summed E-state index contributed by atoms with van der Waals surface area (Å²) in [6.07, 6.45) is 1.30. The number of ether oxygens (including phenoxy) is 1. The lowest BCUT2D eigenvalue weighted by Crippen LogP contribution is -2.43. The van der Waals surface area contributed by atoms with Crippen molar-refractivity contribution in [3.8, 4) is 0 Å². The number of rotatable bonds is 2. The predicted molar refractivity (Wildman–Crippen MR) is 73.8 cm³/mol. The second-order valence-corrected chi connectivity index (χ2v) is 9.58. The number of carbonyl (C=O) groups is 1. The number of alkyl halides is 1. The Morgan fingerprint density at radius 2 is 2.11 bits per heavy atom. The maximum atomic E-state index is 12.2. The summed E-state index contributed by atoms with van der Waals surface area (Å²) in [6.45, 7) is 1.79. The molecule has 18 heavy (non-hydrogen) atoms. The van der Waals surface area contributed by atoms with E-state index >= 15 is 0 Å². The van der Waals surface area contributed by atoms with Crippen LogP contribution in [0.2, 0.25) is 0 Å². The SMILES string of the molecule is CC(I)C(=O)OC1C2CC3C1N(C)S(=O)(=O)C3C2. The van der Waals surface area contributed by atoms with Gasteiger partial charge in [0.25, 0.3) is 0 Å². The Morgan fingerprint density at radius 1 is 1.44 bits per heavy atom. The lowest BCUT2D eigenvalue weighted by molar-refractivity contribution is -0.152. The molecule has 6 unspecified atom stereocenters. The zero-order valence-electron chi connectivity index (χ0n) is 10.2. The van der Waals surface area contributed by atoms with Crippen LogP contribution in [0.4, 0.5) is 0 Å². The number of nitrogens with zero attached hydrogens (tertiary/aromatic N) is 1. The Bertz CT molecular complexity index is 491.